The lowest BCUT2D eigenvalue weighted by molar-refractivity contribution is -0.277. The first-order valence-electron chi connectivity index (χ1n) is 9.64. The fraction of sp³-hybridized carbons (Fsp3) is 0.364. The fourth-order valence-electron chi connectivity index (χ4n) is 3.28. The predicted molar refractivity (Wildman–Crippen MR) is 107 cm³/mol. The number of aryl methyl sites for hydroxylation is 1. The minimum Gasteiger partial charge on any atom is -0.507 e. The molecule has 0 spiro atoms. The van der Waals surface area contributed by atoms with E-state index in [0.29, 0.717) is 5.56 Å². The van der Waals surface area contributed by atoms with Crippen molar-refractivity contribution in [3.63, 3.8) is 0 Å². The largest absolute Gasteiger partial charge is 0.507 e. The third-order valence-corrected chi connectivity index (χ3v) is 5.03. The number of Topliss-reactive ketones (excluding diaryl/α,β-unsaturated/α-hetero) is 2. The SMILES string of the molecule is Cc1cccc(C(=O)CC(=O)c2ccc(O[C@@H]3O[C@H](CO)[C@@H](O)[C@H](O)[C@H]3O)cc2O)c1. The Bertz CT molecular complexity index is 956. The highest BCUT2D eigenvalue weighted by atomic mass is 16.7. The van der Waals surface area contributed by atoms with Crippen molar-refractivity contribution in [2.24, 2.45) is 0 Å². The van der Waals surface area contributed by atoms with Gasteiger partial charge in [0.1, 0.15) is 35.9 Å². The van der Waals surface area contributed by atoms with E-state index < -0.39 is 55.3 Å². The molecule has 0 amide bonds. The Morgan fingerprint density at radius 1 is 1.00 bits per heavy atom. The summed E-state index contributed by atoms with van der Waals surface area (Å²) >= 11 is 0. The van der Waals surface area contributed by atoms with Gasteiger partial charge in [-0.2, -0.15) is 0 Å². The molecule has 1 aliphatic heterocycles. The molecule has 5 N–H and O–H groups in total. The van der Waals surface area contributed by atoms with Gasteiger partial charge in [0.25, 0.3) is 0 Å². The molecule has 9 nitrogen and oxygen atoms in total. The molecular weight excluding hydrogens is 408 g/mol. The smallest absolute Gasteiger partial charge is 0.229 e. The van der Waals surface area contributed by atoms with Gasteiger partial charge in [-0.05, 0) is 25.1 Å². The number of aromatic hydroxyl groups is 1. The van der Waals surface area contributed by atoms with E-state index in [4.69, 9.17) is 9.47 Å². The van der Waals surface area contributed by atoms with Crippen LogP contribution in [0.2, 0.25) is 0 Å². The van der Waals surface area contributed by atoms with E-state index in [9.17, 15) is 35.1 Å². The third kappa shape index (κ3) is 5.09. The summed E-state index contributed by atoms with van der Waals surface area (Å²) in [6.07, 6.45) is -7.76. The van der Waals surface area contributed by atoms with Crippen molar-refractivity contribution in [2.45, 2.75) is 44.1 Å². The maximum Gasteiger partial charge on any atom is 0.229 e. The number of hydrogen-bond donors (Lipinski definition) is 5. The number of aliphatic hydroxyl groups is 4. The number of phenols is 1. The zero-order chi connectivity index (χ0) is 22.7. The van der Waals surface area contributed by atoms with Crippen molar-refractivity contribution in [3.05, 3.63) is 59.2 Å². The lowest BCUT2D eigenvalue weighted by atomic mass is 9.99. The standard InChI is InChI=1S/C22H24O9/c1-11-3-2-4-12(7-11)15(24)9-17(26)14-6-5-13(8-16(14)25)30-22-21(29)20(28)19(27)18(10-23)31-22/h2-8,18-23,25,27-29H,9-10H2,1H3/t18-,19-,20+,21-,22-/m1/s1. The maximum atomic E-state index is 12.5. The first kappa shape index (κ1) is 22.9. The van der Waals surface area contributed by atoms with E-state index in [2.05, 4.69) is 0 Å². The molecular formula is C22H24O9. The number of carbonyl (C=O) groups excluding carboxylic acids is 2. The van der Waals surface area contributed by atoms with Crippen LogP contribution in [0.25, 0.3) is 0 Å². The number of phenolic OH excluding ortho intramolecular Hbond substituents is 1. The number of ether oxygens (including phenoxy) is 2. The molecule has 1 saturated heterocycles. The summed E-state index contributed by atoms with van der Waals surface area (Å²) < 4.78 is 10.6. The Balaban J connectivity index is 1.69. The van der Waals surface area contributed by atoms with Gasteiger partial charge in [-0.25, -0.2) is 0 Å². The monoisotopic (exact) mass is 432 g/mol. The molecule has 2 aromatic carbocycles. The van der Waals surface area contributed by atoms with Crippen LogP contribution in [0.4, 0.5) is 0 Å². The molecule has 9 heteroatoms. The average Bonchev–Trinajstić information content (AvgIpc) is 2.74. The van der Waals surface area contributed by atoms with E-state index in [1.807, 2.05) is 13.0 Å². The molecule has 1 fully saturated rings. The Kier molecular flexibility index (Phi) is 7.04. The molecule has 1 heterocycles. The van der Waals surface area contributed by atoms with Crippen molar-refractivity contribution < 1.29 is 44.6 Å². The summed E-state index contributed by atoms with van der Waals surface area (Å²) in [5.74, 6) is -1.40. The molecule has 1 aliphatic rings. The van der Waals surface area contributed by atoms with Crippen molar-refractivity contribution in [2.75, 3.05) is 6.61 Å². The van der Waals surface area contributed by atoms with Gasteiger partial charge >= 0.3 is 0 Å². The van der Waals surface area contributed by atoms with Gasteiger partial charge in [0, 0.05) is 11.6 Å². The van der Waals surface area contributed by atoms with E-state index in [-0.39, 0.29) is 17.1 Å². The van der Waals surface area contributed by atoms with E-state index >= 15 is 0 Å². The number of benzene rings is 2. The summed E-state index contributed by atoms with van der Waals surface area (Å²) in [6, 6.07) is 10.5. The summed E-state index contributed by atoms with van der Waals surface area (Å²) in [7, 11) is 0. The number of ketones is 2. The van der Waals surface area contributed by atoms with E-state index in [1.54, 1.807) is 18.2 Å². The van der Waals surface area contributed by atoms with Gasteiger partial charge in [0.15, 0.2) is 11.6 Å². The first-order chi connectivity index (χ1) is 14.7. The minimum atomic E-state index is -1.62. The van der Waals surface area contributed by atoms with Crippen LogP contribution in [-0.4, -0.2) is 74.4 Å². The summed E-state index contributed by atoms with van der Waals surface area (Å²) in [5.41, 5.74) is 1.20. The molecule has 31 heavy (non-hydrogen) atoms. The lowest BCUT2D eigenvalue weighted by Crippen LogP contribution is -2.60. The molecule has 0 aliphatic carbocycles. The topological polar surface area (TPSA) is 154 Å². The second kappa shape index (κ2) is 9.54. The first-order valence-corrected chi connectivity index (χ1v) is 9.64. The number of hydrogen-bond acceptors (Lipinski definition) is 9. The highest BCUT2D eigenvalue weighted by Crippen LogP contribution is 2.29. The van der Waals surface area contributed by atoms with Crippen LogP contribution in [0.5, 0.6) is 11.5 Å². The molecule has 3 rings (SSSR count). The van der Waals surface area contributed by atoms with Crippen LogP contribution < -0.4 is 4.74 Å². The fourth-order valence-corrected chi connectivity index (χ4v) is 3.28. The van der Waals surface area contributed by atoms with Crippen LogP contribution in [0.1, 0.15) is 32.7 Å². The lowest BCUT2D eigenvalue weighted by Gasteiger charge is -2.39. The molecule has 0 saturated carbocycles. The Hall–Kier alpha value is -2.82. The molecule has 0 radical (unpaired) electrons. The van der Waals surface area contributed by atoms with Crippen molar-refractivity contribution in [1.82, 2.24) is 0 Å². The Morgan fingerprint density at radius 2 is 1.74 bits per heavy atom. The quantitative estimate of drug-likeness (QED) is 0.308. The van der Waals surface area contributed by atoms with Crippen LogP contribution in [0.15, 0.2) is 42.5 Å². The van der Waals surface area contributed by atoms with Crippen molar-refractivity contribution in [3.8, 4) is 11.5 Å². The molecule has 0 unspecified atom stereocenters. The van der Waals surface area contributed by atoms with Gasteiger partial charge in [-0.3, -0.25) is 9.59 Å². The Morgan fingerprint density at radius 3 is 2.39 bits per heavy atom. The number of aliphatic hydroxyl groups excluding tert-OH is 4. The zero-order valence-electron chi connectivity index (χ0n) is 16.7. The van der Waals surface area contributed by atoms with Gasteiger partial charge in [0.2, 0.25) is 6.29 Å². The molecule has 0 bridgehead atoms. The van der Waals surface area contributed by atoms with Gasteiger partial charge in [-0.1, -0.05) is 23.8 Å². The third-order valence-electron chi connectivity index (χ3n) is 5.03. The molecule has 0 aromatic heterocycles. The summed E-state index contributed by atoms with van der Waals surface area (Å²) in [5, 5.41) is 49.1. The number of carbonyl (C=O) groups is 2. The second-order valence-corrected chi connectivity index (χ2v) is 7.39. The molecule has 2 aromatic rings. The zero-order valence-corrected chi connectivity index (χ0v) is 16.7. The van der Waals surface area contributed by atoms with Gasteiger partial charge < -0.3 is 35.0 Å². The number of rotatable bonds is 7. The Labute approximate surface area is 178 Å². The predicted octanol–water partition coefficient (Wildman–Crippen LogP) is 0.335. The van der Waals surface area contributed by atoms with Gasteiger partial charge in [-0.15, -0.1) is 0 Å². The van der Waals surface area contributed by atoms with Crippen LogP contribution >= 0.6 is 0 Å². The van der Waals surface area contributed by atoms with Crippen LogP contribution in [0.3, 0.4) is 0 Å². The molecule has 5 atom stereocenters. The van der Waals surface area contributed by atoms with Gasteiger partial charge in [0.05, 0.1) is 18.6 Å². The maximum absolute atomic E-state index is 12.5. The summed E-state index contributed by atoms with van der Waals surface area (Å²) in [4.78, 5) is 24.8. The highest BCUT2D eigenvalue weighted by Gasteiger charge is 2.44. The average molecular weight is 432 g/mol. The van der Waals surface area contributed by atoms with Crippen LogP contribution in [0, 0.1) is 6.92 Å². The van der Waals surface area contributed by atoms with Crippen molar-refractivity contribution >= 4 is 11.6 Å². The van der Waals surface area contributed by atoms with E-state index in [1.165, 1.54) is 12.1 Å². The summed E-state index contributed by atoms with van der Waals surface area (Å²) in [6.45, 7) is 1.22. The minimum absolute atomic E-state index is 0.00314. The van der Waals surface area contributed by atoms with E-state index in [0.717, 1.165) is 11.6 Å². The molecule has 166 valence electrons. The van der Waals surface area contributed by atoms with Crippen LogP contribution in [-0.2, 0) is 4.74 Å². The van der Waals surface area contributed by atoms with Crippen molar-refractivity contribution in [1.29, 1.82) is 0 Å². The second-order valence-electron chi connectivity index (χ2n) is 7.39. The normalized spacial score (nSPS) is 25.8. The highest BCUT2D eigenvalue weighted by molar-refractivity contribution is 6.14.